The fourth-order valence-corrected chi connectivity index (χ4v) is 9.61. The molecule has 12 aromatic rings. The molecule has 6 nitrogen and oxygen atoms in total. The Morgan fingerprint density at radius 3 is 1.46 bits per heavy atom. The zero-order valence-electron chi connectivity index (χ0n) is 42.0. The average Bonchev–Trinajstić information content (AvgIpc) is 4.14. The minimum atomic E-state index is 0.661. The Labute approximate surface area is 417 Å². The predicted octanol–water partition coefficient (Wildman–Crippen LogP) is 18.9. The number of furan rings is 2. The number of benzene rings is 6. The first-order chi connectivity index (χ1) is 35.2. The number of pyridine rings is 3. The summed E-state index contributed by atoms with van der Waals surface area (Å²) in [4.78, 5) is 14.4. The molecule has 1 aliphatic carbocycles. The highest BCUT2D eigenvalue weighted by molar-refractivity contribution is 6.06. The monoisotopic (exact) mass is 928 g/mol. The summed E-state index contributed by atoms with van der Waals surface area (Å²) >= 11 is 0. The van der Waals surface area contributed by atoms with Crippen LogP contribution >= 0.6 is 0 Å². The molecule has 0 saturated carbocycles. The van der Waals surface area contributed by atoms with Crippen LogP contribution in [0.15, 0.2) is 197 Å². The number of hydrogen-bond acceptors (Lipinski definition) is 5. The lowest BCUT2D eigenvalue weighted by atomic mass is 9.90. The minimum Gasteiger partial charge on any atom is -0.438 e. The number of para-hydroxylation sites is 1. The topological polar surface area (TPSA) is 69.9 Å². The molecule has 6 heterocycles. The van der Waals surface area contributed by atoms with Gasteiger partial charge in [-0.05, 0) is 154 Å². The van der Waals surface area contributed by atoms with Crippen molar-refractivity contribution in [3.63, 3.8) is 0 Å². The van der Waals surface area contributed by atoms with E-state index >= 15 is 0 Å². The molecule has 6 aromatic carbocycles. The number of nitrogens with zero attached hydrogens (tertiary/aromatic N) is 4. The van der Waals surface area contributed by atoms with Gasteiger partial charge >= 0.3 is 0 Å². The Balaban J connectivity index is 0.000000745. The van der Waals surface area contributed by atoms with Gasteiger partial charge in [-0.1, -0.05) is 140 Å². The third kappa shape index (κ3) is 9.05. The van der Waals surface area contributed by atoms with E-state index in [1.54, 1.807) is 12.4 Å². The van der Waals surface area contributed by atoms with Crippen molar-refractivity contribution in [3.05, 3.63) is 205 Å². The zero-order valence-corrected chi connectivity index (χ0v) is 42.0. The summed E-state index contributed by atoms with van der Waals surface area (Å²) in [6.45, 7) is 16.0. The molecule has 352 valence electrons. The zero-order chi connectivity index (χ0) is 49.4. The van der Waals surface area contributed by atoms with Gasteiger partial charge in [-0.3, -0.25) is 0 Å². The smallest absolute Gasteiger partial charge is 0.227 e. The van der Waals surface area contributed by atoms with E-state index in [9.17, 15) is 0 Å². The first-order valence-electron chi connectivity index (χ1n) is 25.4. The Morgan fingerprint density at radius 2 is 0.901 bits per heavy atom. The van der Waals surface area contributed by atoms with Gasteiger partial charge in [0.05, 0.1) is 16.7 Å². The summed E-state index contributed by atoms with van der Waals surface area (Å²) in [6.07, 6.45) is 7.75. The van der Waals surface area contributed by atoms with Gasteiger partial charge in [-0.15, -0.1) is 0 Å². The Hall–Kier alpha value is -8.35. The lowest BCUT2D eigenvalue weighted by Crippen LogP contribution is -2.05. The number of rotatable bonds is 6. The van der Waals surface area contributed by atoms with Crippen molar-refractivity contribution in [1.82, 2.24) is 19.5 Å². The standard InChI is InChI=1S/C57H36N4O2.4C2H6/c1-2-15-44(16-3-1)61-51-23-19-40(36-10-5-12-38(30-36)42-21-26-54-48(33-42)46-18-8-28-59-57(46)63-54)34-49(51)55-52(61)24-22-50(60-55)43-14-6-13-39(31-43)35-9-4-11-37(29-35)41-20-25-53-47(32-41)45-17-7-27-58-56(45)62-53;4*1-2/h1-18,20-22,24-34H,19,23H2;4*1-2H3. The molecule has 0 aliphatic heterocycles. The van der Waals surface area contributed by atoms with Crippen LogP contribution in [0.3, 0.4) is 0 Å². The van der Waals surface area contributed by atoms with E-state index in [-0.39, 0.29) is 0 Å². The van der Waals surface area contributed by atoms with E-state index in [1.165, 1.54) is 28.0 Å². The molecule has 0 N–H and O–H groups in total. The van der Waals surface area contributed by atoms with Crippen molar-refractivity contribution in [3.8, 4) is 50.3 Å². The molecule has 6 heteroatoms. The molecule has 0 radical (unpaired) electrons. The maximum atomic E-state index is 6.03. The van der Waals surface area contributed by atoms with Gasteiger partial charge in [0.2, 0.25) is 11.4 Å². The van der Waals surface area contributed by atoms with Crippen LogP contribution in [-0.2, 0) is 6.42 Å². The summed E-state index contributed by atoms with van der Waals surface area (Å²) in [5, 5.41) is 4.20. The molecule has 0 amide bonds. The highest BCUT2D eigenvalue weighted by Crippen LogP contribution is 2.41. The molecular weight excluding hydrogens is 869 g/mol. The fourth-order valence-electron chi connectivity index (χ4n) is 9.61. The van der Waals surface area contributed by atoms with E-state index in [4.69, 9.17) is 13.8 Å². The summed E-state index contributed by atoms with van der Waals surface area (Å²) in [6, 6.07) is 62.4. The molecule has 0 saturated heterocycles. The van der Waals surface area contributed by atoms with Gasteiger partial charge in [0.15, 0.2) is 0 Å². The molecule has 0 unspecified atom stereocenters. The van der Waals surface area contributed by atoms with Gasteiger partial charge in [-0.25, -0.2) is 15.0 Å². The first kappa shape index (κ1) is 47.7. The molecule has 71 heavy (non-hydrogen) atoms. The number of fused-ring (bicyclic) bond motifs is 9. The second-order valence-corrected chi connectivity index (χ2v) is 16.3. The number of allylic oxidation sites excluding steroid dienone is 1. The van der Waals surface area contributed by atoms with Crippen LogP contribution in [0.2, 0.25) is 0 Å². The highest BCUT2D eigenvalue weighted by atomic mass is 16.3. The molecule has 0 atom stereocenters. The van der Waals surface area contributed by atoms with E-state index in [1.807, 2.05) is 73.6 Å². The highest BCUT2D eigenvalue weighted by Gasteiger charge is 2.24. The maximum Gasteiger partial charge on any atom is 0.227 e. The third-order valence-electron chi connectivity index (χ3n) is 12.7. The van der Waals surface area contributed by atoms with Crippen molar-refractivity contribution >= 4 is 66.8 Å². The van der Waals surface area contributed by atoms with Gasteiger partial charge in [0, 0.05) is 56.4 Å². The van der Waals surface area contributed by atoms with Crippen molar-refractivity contribution < 1.29 is 8.83 Å². The first-order valence-corrected chi connectivity index (χ1v) is 25.4. The fraction of sp³-hybridized carbons (Fsp3) is 0.154. The van der Waals surface area contributed by atoms with Crippen molar-refractivity contribution in [1.29, 1.82) is 0 Å². The Kier molecular flexibility index (Phi) is 14.5. The maximum absolute atomic E-state index is 6.03. The van der Waals surface area contributed by atoms with Crippen LogP contribution in [0.1, 0.15) is 78.6 Å². The minimum absolute atomic E-state index is 0.661. The van der Waals surface area contributed by atoms with Crippen LogP contribution in [0.25, 0.3) is 117 Å². The van der Waals surface area contributed by atoms with Gasteiger partial charge in [0.25, 0.3) is 0 Å². The predicted molar refractivity (Wildman–Crippen MR) is 301 cm³/mol. The second kappa shape index (κ2) is 21.5. The lowest BCUT2D eigenvalue weighted by Gasteiger charge is -2.18. The van der Waals surface area contributed by atoms with E-state index in [0.717, 1.165) is 101 Å². The van der Waals surface area contributed by atoms with E-state index < -0.39 is 0 Å². The van der Waals surface area contributed by atoms with E-state index in [0.29, 0.717) is 11.4 Å². The number of aromatic nitrogens is 4. The van der Waals surface area contributed by atoms with Crippen molar-refractivity contribution in [2.75, 3.05) is 0 Å². The normalized spacial score (nSPS) is 11.6. The van der Waals surface area contributed by atoms with Crippen LogP contribution < -0.4 is 0 Å². The molecular formula is C65H60N4O2. The van der Waals surface area contributed by atoms with E-state index in [2.05, 4.69) is 178 Å². The van der Waals surface area contributed by atoms with Gasteiger partial charge in [-0.2, -0.15) is 0 Å². The van der Waals surface area contributed by atoms with Crippen LogP contribution in [-0.4, -0.2) is 19.5 Å². The summed E-state index contributed by atoms with van der Waals surface area (Å²) < 4.78 is 14.5. The SMILES string of the molecule is C1=C(c2cccc(-c3ccc4oc5ncccc5c4c3)c2)CCc2c1c1nc(-c3cccc(-c4cccc(-c5ccc6oc7ncccc7c6c5)c4)c3)ccc1n2-c1ccccc1.CC.CC.CC.CC. The molecule has 0 bridgehead atoms. The quantitative estimate of drug-likeness (QED) is 0.166. The number of hydrogen-bond donors (Lipinski definition) is 0. The lowest BCUT2D eigenvalue weighted by molar-refractivity contribution is 0.653. The summed E-state index contributed by atoms with van der Waals surface area (Å²) in [5.41, 5.74) is 20.2. The summed E-state index contributed by atoms with van der Waals surface area (Å²) in [7, 11) is 0. The van der Waals surface area contributed by atoms with Crippen molar-refractivity contribution in [2.45, 2.75) is 68.2 Å². The molecule has 1 aliphatic rings. The molecule has 6 aromatic heterocycles. The average molecular weight is 929 g/mol. The van der Waals surface area contributed by atoms with Crippen molar-refractivity contribution in [2.24, 2.45) is 0 Å². The Morgan fingerprint density at radius 1 is 0.408 bits per heavy atom. The van der Waals surface area contributed by atoms with Gasteiger partial charge < -0.3 is 13.4 Å². The molecule has 13 rings (SSSR count). The van der Waals surface area contributed by atoms with Crippen LogP contribution in [0, 0.1) is 0 Å². The van der Waals surface area contributed by atoms with Crippen LogP contribution in [0.5, 0.6) is 0 Å². The summed E-state index contributed by atoms with van der Waals surface area (Å²) in [5.74, 6) is 0. The third-order valence-corrected chi connectivity index (χ3v) is 12.7. The second-order valence-electron chi connectivity index (χ2n) is 16.3. The Bertz CT molecular complexity index is 3820. The largest absolute Gasteiger partial charge is 0.438 e. The van der Waals surface area contributed by atoms with Gasteiger partial charge in [0.1, 0.15) is 11.2 Å². The van der Waals surface area contributed by atoms with Crippen LogP contribution in [0.4, 0.5) is 0 Å². The molecule has 0 spiro atoms. The molecule has 0 fully saturated rings.